The first kappa shape index (κ1) is 26.3. The van der Waals surface area contributed by atoms with E-state index in [1.165, 1.54) is 7.11 Å². The number of benzene rings is 2. The molecule has 2 aromatic carbocycles. The first-order chi connectivity index (χ1) is 18.7. The van der Waals surface area contributed by atoms with Gasteiger partial charge in [0, 0.05) is 28.1 Å². The number of carbonyl (C=O) groups is 2. The standard InChI is InChI=1S/C29H29N5O4S/c1-16-17(2)39-29-26(16)27(31-23(15-25(37)38-4)28-33-32-18(3)34(28)29)20-8-10-21(11-9-20)30-24(36)14-7-19-5-12-22(35)13-6-19/h5-6,8-13,23,35H,7,14-15H2,1-4H3,(H,30,36)/t23-/m0/s1. The van der Waals surface area contributed by atoms with Crippen molar-refractivity contribution in [3.8, 4) is 10.8 Å². The molecule has 10 heteroatoms. The van der Waals surface area contributed by atoms with Crippen molar-refractivity contribution in [1.29, 1.82) is 0 Å². The molecule has 1 atom stereocenters. The van der Waals surface area contributed by atoms with Crippen LogP contribution >= 0.6 is 11.3 Å². The summed E-state index contributed by atoms with van der Waals surface area (Å²) >= 11 is 1.65. The highest BCUT2D eigenvalue weighted by molar-refractivity contribution is 7.15. The van der Waals surface area contributed by atoms with Crippen LogP contribution in [0, 0.1) is 20.8 Å². The van der Waals surface area contributed by atoms with Crippen LogP contribution in [-0.4, -0.2) is 44.6 Å². The normalized spacial score (nSPS) is 14.2. The van der Waals surface area contributed by atoms with Gasteiger partial charge in [-0.25, -0.2) is 0 Å². The molecule has 0 saturated carbocycles. The van der Waals surface area contributed by atoms with Gasteiger partial charge in [-0.1, -0.05) is 24.3 Å². The van der Waals surface area contributed by atoms with Crippen LogP contribution in [-0.2, 0) is 20.7 Å². The van der Waals surface area contributed by atoms with Gasteiger partial charge in [-0.05, 0) is 62.6 Å². The number of anilines is 1. The van der Waals surface area contributed by atoms with Crippen LogP contribution in [0.25, 0.3) is 5.00 Å². The fraction of sp³-hybridized carbons (Fsp3) is 0.276. The number of aromatic nitrogens is 3. The zero-order valence-corrected chi connectivity index (χ0v) is 23.0. The lowest BCUT2D eigenvalue weighted by Crippen LogP contribution is -2.13. The van der Waals surface area contributed by atoms with E-state index in [0.717, 1.165) is 43.7 Å². The molecule has 0 fully saturated rings. The van der Waals surface area contributed by atoms with Crippen molar-refractivity contribution < 1.29 is 19.4 Å². The molecule has 200 valence electrons. The number of amides is 1. The molecule has 0 aliphatic carbocycles. The third-order valence-corrected chi connectivity index (χ3v) is 8.04. The number of fused-ring (bicyclic) bond motifs is 3. The van der Waals surface area contributed by atoms with Gasteiger partial charge >= 0.3 is 5.97 Å². The molecule has 9 nitrogen and oxygen atoms in total. The maximum absolute atomic E-state index is 12.6. The van der Waals surface area contributed by atoms with Crippen molar-refractivity contribution in [3.05, 3.63) is 87.3 Å². The minimum atomic E-state index is -0.563. The largest absolute Gasteiger partial charge is 0.508 e. The Morgan fingerprint density at radius 1 is 1.05 bits per heavy atom. The molecule has 1 aliphatic heterocycles. The Labute approximate surface area is 230 Å². The lowest BCUT2D eigenvalue weighted by molar-refractivity contribution is -0.141. The van der Waals surface area contributed by atoms with Gasteiger partial charge in [0.05, 0.1) is 19.2 Å². The summed E-state index contributed by atoms with van der Waals surface area (Å²) in [6.07, 6.45) is 0.940. The Morgan fingerprint density at radius 2 is 1.77 bits per heavy atom. The van der Waals surface area contributed by atoms with Crippen LogP contribution in [0.4, 0.5) is 5.69 Å². The van der Waals surface area contributed by atoms with Crippen LogP contribution in [0.3, 0.4) is 0 Å². The molecule has 4 aromatic rings. The number of aryl methyl sites for hydroxylation is 3. The number of hydrogen-bond acceptors (Lipinski definition) is 8. The van der Waals surface area contributed by atoms with Crippen molar-refractivity contribution in [3.63, 3.8) is 0 Å². The summed E-state index contributed by atoms with van der Waals surface area (Å²) in [5, 5.41) is 22.0. The number of nitrogens with one attached hydrogen (secondary N) is 1. The van der Waals surface area contributed by atoms with Crippen LogP contribution in [0.5, 0.6) is 5.75 Å². The second kappa shape index (κ2) is 10.8. The van der Waals surface area contributed by atoms with E-state index in [0.29, 0.717) is 24.4 Å². The number of aromatic hydroxyl groups is 1. The van der Waals surface area contributed by atoms with E-state index in [1.54, 1.807) is 23.5 Å². The molecule has 0 radical (unpaired) electrons. The van der Waals surface area contributed by atoms with Crippen molar-refractivity contribution in [2.24, 2.45) is 4.99 Å². The zero-order chi connectivity index (χ0) is 27.7. The van der Waals surface area contributed by atoms with E-state index >= 15 is 0 Å². The van der Waals surface area contributed by atoms with Gasteiger partial charge in [0.1, 0.15) is 22.6 Å². The molecule has 1 aliphatic rings. The van der Waals surface area contributed by atoms with E-state index in [1.807, 2.05) is 47.9 Å². The van der Waals surface area contributed by atoms with E-state index in [4.69, 9.17) is 9.73 Å². The summed E-state index contributed by atoms with van der Waals surface area (Å²) in [6, 6.07) is 13.9. The van der Waals surface area contributed by atoms with Gasteiger partial charge < -0.3 is 15.2 Å². The summed E-state index contributed by atoms with van der Waals surface area (Å²) in [7, 11) is 1.36. The topological polar surface area (TPSA) is 119 Å². The number of methoxy groups -OCH3 is 1. The number of thiophene rings is 1. The van der Waals surface area contributed by atoms with Gasteiger partial charge in [-0.3, -0.25) is 19.1 Å². The highest BCUT2D eigenvalue weighted by atomic mass is 32.1. The molecule has 3 heterocycles. The monoisotopic (exact) mass is 543 g/mol. The fourth-order valence-electron chi connectivity index (χ4n) is 4.62. The van der Waals surface area contributed by atoms with Gasteiger partial charge in [0.2, 0.25) is 5.91 Å². The SMILES string of the molecule is COC(=O)C[C@@H]1N=C(c2ccc(NC(=O)CCc3ccc(O)cc3)cc2)c2c(sc(C)c2C)-n2c(C)nnc21. The molecule has 2 N–H and O–H groups in total. The van der Waals surface area contributed by atoms with Gasteiger partial charge in [0.15, 0.2) is 5.82 Å². The molecule has 0 saturated heterocycles. The number of phenolic OH excluding ortho intramolecular Hbond substituents is 1. The van der Waals surface area contributed by atoms with E-state index in [9.17, 15) is 14.7 Å². The van der Waals surface area contributed by atoms with Crippen molar-refractivity contribution in [2.75, 3.05) is 12.4 Å². The van der Waals surface area contributed by atoms with Gasteiger partial charge in [-0.15, -0.1) is 21.5 Å². The Morgan fingerprint density at radius 3 is 2.46 bits per heavy atom. The molecule has 0 spiro atoms. The third kappa shape index (κ3) is 5.33. The second-order valence-electron chi connectivity index (χ2n) is 9.47. The summed E-state index contributed by atoms with van der Waals surface area (Å²) in [5.74, 6) is 1.06. The maximum Gasteiger partial charge on any atom is 0.308 e. The predicted octanol–water partition coefficient (Wildman–Crippen LogP) is 4.99. The van der Waals surface area contributed by atoms with Crippen LogP contribution in [0.15, 0.2) is 53.5 Å². The zero-order valence-electron chi connectivity index (χ0n) is 22.2. The average Bonchev–Trinajstić information content (AvgIpc) is 3.40. The third-order valence-electron chi connectivity index (χ3n) is 6.85. The van der Waals surface area contributed by atoms with E-state index in [-0.39, 0.29) is 24.0 Å². The van der Waals surface area contributed by atoms with E-state index in [2.05, 4.69) is 29.4 Å². The number of nitrogens with zero attached hydrogens (tertiary/aromatic N) is 4. The Kier molecular flexibility index (Phi) is 7.30. The van der Waals surface area contributed by atoms with Crippen LogP contribution in [0.2, 0.25) is 0 Å². The Balaban J connectivity index is 1.43. The molecule has 0 bridgehead atoms. The summed E-state index contributed by atoms with van der Waals surface area (Å²) in [6.45, 7) is 6.04. The lowest BCUT2D eigenvalue weighted by Gasteiger charge is -2.12. The molecular formula is C29H29N5O4S. The van der Waals surface area contributed by atoms with Gasteiger partial charge in [0.25, 0.3) is 0 Å². The molecule has 0 unspecified atom stereocenters. The smallest absolute Gasteiger partial charge is 0.308 e. The number of hydrogen-bond donors (Lipinski definition) is 2. The molecule has 5 rings (SSSR count). The van der Waals surface area contributed by atoms with Crippen LogP contribution in [0.1, 0.15) is 57.7 Å². The molecule has 1 amide bonds. The number of esters is 1. The highest BCUT2D eigenvalue weighted by Crippen LogP contribution is 2.39. The first-order valence-electron chi connectivity index (χ1n) is 12.6. The quantitative estimate of drug-likeness (QED) is 0.317. The number of phenols is 1. The lowest BCUT2D eigenvalue weighted by atomic mass is 9.99. The average molecular weight is 544 g/mol. The second-order valence-corrected chi connectivity index (χ2v) is 10.7. The van der Waals surface area contributed by atoms with Crippen molar-refractivity contribution in [1.82, 2.24) is 14.8 Å². The number of ether oxygens (including phenoxy) is 1. The van der Waals surface area contributed by atoms with E-state index < -0.39 is 6.04 Å². The predicted molar refractivity (Wildman–Crippen MR) is 150 cm³/mol. The fourth-order valence-corrected chi connectivity index (χ4v) is 5.84. The van der Waals surface area contributed by atoms with Crippen LogP contribution < -0.4 is 5.32 Å². The Hall–Kier alpha value is -4.31. The molecule has 39 heavy (non-hydrogen) atoms. The van der Waals surface area contributed by atoms with Crippen molar-refractivity contribution in [2.45, 2.75) is 46.1 Å². The van der Waals surface area contributed by atoms with Crippen molar-refractivity contribution >= 4 is 34.6 Å². The number of rotatable bonds is 7. The van der Waals surface area contributed by atoms with Gasteiger partial charge in [-0.2, -0.15) is 0 Å². The number of carbonyl (C=O) groups excluding carboxylic acids is 2. The maximum atomic E-state index is 12.6. The number of aliphatic imine (C=N–C) groups is 1. The Bertz CT molecular complexity index is 1570. The molecular weight excluding hydrogens is 514 g/mol. The summed E-state index contributed by atoms with van der Waals surface area (Å²) < 4.78 is 6.94. The molecule has 2 aromatic heterocycles. The first-order valence-corrected chi connectivity index (χ1v) is 13.4. The summed E-state index contributed by atoms with van der Waals surface area (Å²) in [5.41, 5.74) is 5.38. The minimum Gasteiger partial charge on any atom is -0.508 e. The summed E-state index contributed by atoms with van der Waals surface area (Å²) in [4.78, 5) is 31.1. The highest BCUT2D eigenvalue weighted by Gasteiger charge is 2.32. The minimum absolute atomic E-state index is 0.0419.